The van der Waals surface area contributed by atoms with Crippen molar-refractivity contribution in [2.45, 2.75) is 99.3 Å². The molecule has 0 aliphatic heterocycles. The Balaban J connectivity index is 0.00000105. The summed E-state index contributed by atoms with van der Waals surface area (Å²) in [6, 6.07) is 59.8. The lowest BCUT2D eigenvalue weighted by atomic mass is 9.67. The van der Waals surface area contributed by atoms with Gasteiger partial charge in [-0.1, -0.05) is 187 Å². The van der Waals surface area contributed by atoms with Crippen LogP contribution in [-0.2, 0) is 43.9 Å². The molecule has 0 atom stereocenters. The van der Waals surface area contributed by atoms with Gasteiger partial charge in [-0.05, 0) is 187 Å². The number of allylic oxidation sites excluding steroid dienone is 7. The molecule has 0 unspecified atom stereocenters. The van der Waals surface area contributed by atoms with Gasteiger partial charge in [0.25, 0.3) is 0 Å². The van der Waals surface area contributed by atoms with Crippen LogP contribution in [-0.4, -0.2) is 0 Å². The normalized spacial score (nSPS) is 14.0. The Kier molecular flexibility index (Phi) is 15.8. The summed E-state index contributed by atoms with van der Waals surface area (Å²) < 4.78 is 0. The van der Waals surface area contributed by atoms with Crippen molar-refractivity contribution in [3.8, 4) is 11.1 Å². The summed E-state index contributed by atoms with van der Waals surface area (Å²) in [6.07, 6.45) is 21.2. The summed E-state index contributed by atoms with van der Waals surface area (Å²) in [4.78, 5) is 4.95. The highest BCUT2D eigenvalue weighted by Crippen LogP contribution is 2.56. The van der Waals surface area contributed by atoms with E-state index in [9.17, 15) is 0 Å². The minimum atomic E-state index is -0.470. The summed E-state index contributed by atoms with van der Waals surface area (Å²) in [7, 11) is 0. The Morgan fingerprint density at radius 2 is 1.01 bits per heavy atom. The molecule has 3 aliphatic carbocycles. The molecule has 0 bridgehead atoms. The third kappa shape index (κ3) is 9.83. The minimum absolute atomic E-state index is 0.470. The second-order valence-electron chi connectivity index (χ2n) is 19.2. The molecule has 0 N–H and O–H groups in total. The topological polar surface area (TPSA) is 6.48 Å². The maximum atomic E-state index is 4.23. The van der Waals surface area contributed by atoms with E-state index in [1.54, 1.807) is 0 Å². The molecule has 70 heavy (non-hydrogen) atoms. The molecule has 354 valence electrons. The summed E-state index contributed by atoms with van der Waals surface area (Å²) in [6.45, 7) is 21.1. The van der Waals surface area contributed by atoms with E-state index in [-0.39, 0.29) is 0 Å². The average Bonchev–Trinajstić information content (AvgIpc) is 3.64. The molecule has 2 heteroatoms. The fourth-order valence-electron chi connectivity index (χ4n) is 10.6. The van der Waals surface area contributed by atoms with Gasteiger partial charge in [0.15, 0.2) is 0 Å². The first-order valence-corrected chi connectivity index (χ1v) is 25.8. The molecule has 3 aliphatic rings. The van der Waals surface area contributed by atoms with E-state index in [1.807, 2.05) is 19.9 Å². The Labute approximate surface area is 420 Å². The zero-order valence-corrected chi connectivity index (χ0v) is 43.0. The molecule has 0 spiro atoms. The van der Waals surface area contributed by atoms with Crippen LogP contribution in [0.25, 0.3) is 11.1 Å². The van der Waals surface area contributed by atoms with Crippen LogP contribution in [0.1, 0.15) is 111 Å². The van der Waals surface area contributed by atoms with Crippen molar-refractivity contribution >= 4 is 22.7 Å². The van der Waals surface area contributed by atoms with Gasteiger partial charge < -0.3 is 9.80 Å². The van der Waals surface area contributed by atoms with Gasteiger partial charge in [0.2, 0.25) is 0 Å². The quantitative estimate of drug-likeness (QED) is 0.100. The van der Waals surface area contributed by atoms with Gasteiger partial charge in [-0.2, -0.15) is 0 Å². The fourth-order valence-corrected chi connectivity index (χ4v) is 10.6. The van der Waals surface area contributed by atoms with E-state index in [0.717, 1.165) is 66.5 Å². The van der Waals surface area contributed by atoms with Crippen LogP contribution in [0.4, 0.5) is 22.7 Å². The number of hydrogen-bond acceptors (Lipinski definition) is 2. The summed E-state index contributed by atoms with van der Waals surface area (Å²) in [5.41, 5.74) is 22.7. The number of nitrogens with zero attached hydrogens (tertiary/aromatic N) is 2. The molecule has 0 aromatic heterocycles. The molecule has 10 rings (SSSR count). The SMILES string of the molecule is C=C/C=C(\C=C/C)N(c1ccccc1)c1cc(Cc2ccc3c(c2)CC3)c(N(C(/C=C\C)=C/C)c2ccccc2)cc1CC1(c2ccc3c(c2)CC3)c2ccccc2-c2ccccc21.CC.CC(C)C. The second-order valence-corrected chi connectivity index (χ2v) is 19.2. The third-order valence-electron chi connectivity index (χ3n) is 13.8. The lowest BCUT2D eigenvalue weighted by Crippen LogP contribution is -2.32. The Morgan fingerprint density at radius 3 is 1.51 bits per heavy atom. The van der Waals surface area contributed by atoms with E-state index in [0.29, 0.717) is 0 Å². The number of benzene rings is 7. The average molecular weight is 917 g/mol. The molecule has 2 nitrogen and oxygen atoms in total. The van der Waals surface area contributed by atoms with Crippen molar-refractivity contribution in [1.82, 2.24) is 0 Å². The van der Waals surface area contributed by atoms with Crippen molar-refractivity contribution in [2.75, 3.05) is 9.80 Å². The largest absolute Gasteiger partial charge is 0.311 e. The van der Waals surface area contributed by atoms with Crippen molar-refractivity contribution in [3.63, 3.8) is 0 Å². The Hall–Kier alpha value is -7.16. The Morgan fingerprint density at radius 1 is 0.543 bits per heavy atom. The smallest absolute Gasteiger partial charge is 0.0504 e. The monoisotopic (exact) mass is 917 g/mol. The predicted octanol–water partition coefficient (Wildman–Crippen LogP) is 18.1. The van der Waals surface area contributed by atoms with Gasteiger partial charge in [0.1, 0.15) is 0 Å². The Bertz CT molecular complexity index is 3000. The zero-order chi connectivity index (χ0) is 49.2. The minimum Gasteiger partial charge on any atom is -0.311 e. The standard InChI is InChI=1S/C62H56N2.C4H10.C2H6/c1-5-19-52(8-4)63(54-22-11-9-12-23-54)60-42-50(43-62(51-37-36-46-33-35-48(46)40-51)58-28-17-15-26-56(58)57-27-16-18-29-59(57)62)61(41-49(60)39-44-30-31-45-32-34-47(45)38-44)64(53(20-6-2)21-7-3)55-24-13-10-14-25-55;1-4(2)3;1-2/h5-31,36-38,40-42H,2,32-35,39,43H2,1,3-4H3;4H,1-3H3;1-2H3/b19-5-,21-7-,52-8+,53-20+;;. The number of rotatable bonds is 14. The van der Waals surface area contributed by atoms with Crippen LogP contribution in [0.5, 0.6) is 0 Å². The molecule has 0 saturated carbocycles. The van der Waals surface area contributed by atoms with Crippen molar-refractivity contribution in [3.05, 3.63) is 274 Å². The van der Waals surface area contributed by atoms with E-state index >= 15 is 0 Å². The second kappa shape index (κ2) is 22.5. The van der Waals surface area contributed by atoms with Crippen LogP contribution in [0.2, 0.25) is 0 Å². The fraction of sp³-hybridized carbons (Fsp3) is 0.235. The predicted molar refractivity (Wildman–Crippen MR) is 303 cm³/mol. The first-order valence-electron chi connectivity index (χ1n) is 25.8. The van der Waals surface area contributed by atoms with Crippen LogP contribution in [0.3, 0.4) is 0 Å². The number of aryl methyl sites for hydroxylation is 4. The van der Waals surface area contributed by atoms with Crippen molar-refractivity contribution < 1.29 is 0 Å². The van der Waals surface area contributed by atoms with Crippen LogP contribution in [0, 0.1) is 5.92 Å². The highest BCUT2D eigenvalue weighted by atomic mass is 15.2. The molecule has 7 aromatic rings. The first kappa shape index (κ1) is 49.3. The molecule has 0 radical (unpaired) electrons. The molecular weight excluding hydrogens is 845 g/mol. The number of fused-ring (bicyclic) bond motifs is 5. The lowest BCUT2D eigenvalue weighted by molar-refractivity contribution is 0.625. The van der Waals surface area contributed by atoms with E-state index in [2.05, 4.69) is 252 Å². The molecular formula is C68H72N2. The van der Waals surface area contributed by atoms with Gasteiger partial charge in [0, 0.05) is 28.5 Å². The highest BCUT2D eigenvalue weighted by molar-refractivity contribution is 5.86. The van der Waals surface area contributed by atoms with Gasteiger partial charge in [-0.25, -0.2) is 0 Å². The highest BCUT2D eigenvalue weighted by Gasteiger charge is 2.46. The van der Waals surface area contributed by atoms with Crippen LogP contribution in [0.15, 0.2) is 218 Å². The van der Waals surface area contributed by atoms with Gasteiger partial charge in [-0.3, -0.25) is 0 Å². The number of anilines is 4. The van der Waals surface area contributed by atoms with Gasteiger partial charge in [-0.15, -0.1) is 0 Å². The third-order valence-corrected chi connectivity index (χ3v) is 13.8. The van der Waals surface area contributed by atoms with E-state index in [4.69, 9.17) is 0 Å². The lowest BCUT2D eigenvalue weighted by Gasteiger charge is -2.38. The molecule has 0 amide bonds. The summed E-state index contributed by atoms with van der Waals surface area (Å²) in [5.74, 6) is 0.833. The summed E-state index contributed by atoms with van der Waals surface area (Å²) in [5, 5.41) is 0. The van der Waals surface area contributed by atoms with Crippen LogP contribution < -0.4 is 9.80 Å². The molecule has 0 saturated heterocycles. The van der Waals surface area contributed by atoms with Crippen molar-refractivity contribution in [2.24, 2.45) is 5.92 Å². The maximum absolute atomic E-state index is 4.23. The first-order chi connectivity index (χ1) is 34.3. The zero-order valence-electron chi connectivity index (χ0n) is 43.0. The van der Waals surface area contributed by atoms with Crippen LogP contribution >= 0.6 is 0 Å². The maximum Gasteiger partial charge on any atom is 0.0504 e. The number of hydrogen-bond donors (Lipinski definition) is 0. The van der Waals surface area contributed by atoms with Gasteiger partial charge >= 0.3 is 0 Å². The number of para-hydroxylation sites is 2. The van der Waals surface area contributed by atoms with Gasteiger partial charge in [0.05, 0.1) is 11.1 Å². The van der Waals surface area contributed by atoms with Crippen molar-refractivity contribution in [1.29, 1.82) is 0 Å². The molecule has 0 fully saturated rings. The summed E-state index contributed by atoms with van der Waals surface area (Å²) >= 11 is 0. The van der Waals surface area contributed by atoms with E-state index in [1.165, 1.54) is 78.9 Å². The molecule has 0 heterocycles. The molecule has 7 aromatic carbocycles. The van der Waals surface area contributed by atoms with E-state index < -0.39 is 5.41 Å².